The van der Waals surface area contributed by atoms with E-state index in [1.165, 1.54) is 55.5 Å². The van der Waals surface area contributed by atoms with Crippen LogP contribution in [0.1, 0.15) is 48.5 Å². The Morgan fingerprint density at radius 1 is 0.889 bits per heavy atom. The largest absolute Gasteiger partial charge is 0.493 e. The van der Waals surface area contributed by atoms with Gasteiger partial charge in [0.25, 0.3) is 10.1 Å². The monoisotopic (exact) mass is 512 g/mol. The number of hydrogen-bond donors (Lipinski definition) is 2. The minimum atomic E-state index is -4.02. The van der Waals surface area contributed by atoms with Crippen molar-refractivity contribution < 1.29 is 27.3 Å². The van der Waals surface area contributed by atoms with Crippen molar-refractivity contribution in [3.05, 3.63) is 95.6 Å². The first-order valence-electron chi connectivity index (χ1n) is 12.5. The summed E-state index contributed by atoms with van der Waals surface area (Å²) >= 11 is 0. The van der Waals surface area contributed by atoms with Gasteiger partial charge < -0.3 is 14.3 Å². The summed E-state index contributed by atoms with van der Waals surface area (Å²) in [6, 6.07) is 23.6. The summed E-state index contributed by atoms with van der Waals surface area (Å²) in [7, 11) is -1.65. The molecule has 36 heavy (non-hydrogen) atoms. The average Bonchev–Trinajstić information content (AvgIpc) is 2.87. The third-order valence-electron chi connectivity index (χ3n) is 6.64. The van der Waals surface area contributed by atoms with Crippen LogP contribution in [0, 0.1) is 6.92 Å². The van der Waals surface area contributed by atoms with Crippen LogP contribution >= 0.6 is 0 Å². The molecule has 2 N–H and O–H groups in total. The average molecular weight is 513 g/mol. The zero-order chi connectivity index (χ0) is 26.0. The minimum Gasteiger partial charge on any atom is -0.493 e. The van der Waals surface area contributed by atoms with Crippen LogP contribution in [0.25, 0.3) is 0 Å². The fourth-order valence-corrected chi connectivity index (χ4v) is 4.97. The Kier molecular flexibility index (Phi) is 10.1. The first kappa shape index (κ1) is 27.9. The van der Waals surface area contributed by atoms with Crippen LogP contribution in [0.5, 0.6) is 5.75 Å². The molecule has 1 aliphatic rings. The molecule has 1 fully saturated rings. The molecule has 0 amide bonds. The number of ether oxygens (including phenoxy) is 1. The number of benzene rings is 3. The molecule has 0 radical (unpaired) electrons. The van der Waals surface area contributed by atoms with E-state index in [9.17, 15) is 13.5 Å². The van der Waals surface area contributed by atoms with Crippen LogP contribution in [0.2, 0.25) is 0 Å². The quantitative estimate of drug-likeness (QED) is 0.240. The number of aryl methyl sites for hydroxylation is 1. The van der Waals surface area contributed by atoms with Gasteiger partial charge in [0.1, 0.15) is 11.9 Å². The lowest BCUT2D eigenvalue weighted by atomic mass is 10.0. The summed E-state index contributed by atoms with van der Waals surface area (Å²) in [5.74, 6) is 0.792. The molecule has 1 aliphatic heterocycles. The summed E-state index contributed by atoms with van der Waals surface area (Å²) < 4.78 is 36.8. The molecule has 1 heterocycles. The normalized spacial score (nSPS) is 15.9. The molecule has 1 saturated heterocycles. The second kappa shape index (κ2) is 13.0. The van der Waals surface area contributed by atoms with Gasteiger partial charge in [-0.05, 0) is 49.9 Å². The van der Waals surface area contributed by atoms with Gasteiger partial charge in [-0.1, -0.05) is 66.2 Å². The van der Waals surface area contributed by atoms with Gasteiger partial charge in [0, 0.05) is 12.0 Å². The Hall–Kier alpha value is -2.71. The van der Waals surface area contributed by atoms with E-state index in [1.54, 1.807) is 12.1 Å². The van der Waals surface area contributed by atoms with Crippen molar-refractivity contribution in [2.24, 2.45) is 0 Å². The molecular formula is C29H38NO5S+. The van der Waals surface area contributed by atoms with Gasteiger partial charge in [0.2, 0.25) is 0 Å². The van der Waals surface area contributed by atoms with Crippen molar-refractivity contribution in [2.75, 3.05) is 33.3 Å². The van der Waals surface area contributed by atoms with E-state index in [-0.39, 0.29) is 4.90 Å². The predicted octanol–water partition coefficient (Wildman–Crippen LogP) is 5.41. The molecule has 1 unspecified atom stereocenters. The SMILES string of the molecule is C[N+]1(CCCOc2ccccc2C(O)c2ccccc2)CCCCC1.Cc1ccc(S(=O)(=O)O)cc1. The van der Waals surface area contributed by atoms with Crippen molar-refractivity contribution in [1.82, 2.24) is 0 Å². The van der Waals surface area contributed by atoms with E-state index in [1.807, 2.05) is 61.5 Å². The van der Waals surface area contributed by atoms with E-state index in [0.29, 0.717) is 6.61 Å². The van der Waals surface area contributed by atoms with E-state index >= 15 is 0 Å². The van der Waals surface area contributed by atoms with Crippen LogP contribution in [0.15, 0.2) is 83.8 Å². The van der Waals surface area contributed by atoms with Gasteiger partial charge in [-0.3, -0.25) is 4.55 Å². The Bertz CT molecular complexity index is 1170. The maximum absolute atomic E-state index is 10.7. The molecule has 7 heteroatoms. The van der Waals surface area contributed by atoms with Gasteiger partial charge in [-0.2, -0.15) is 8.42 Å². The lowest BCUT2D eigenvalue weighted by Crippen LogP contribution is -2.48. The van der Waals surface area contributed by atoms with Crippen molar-refractivity contribution >= 4 is 10.1 Å². The molecule has 194 valence electrons. The molecule has 3 aromatic rings. The fourth-order valence-electron chi connectivity index (χ4n) is 4.49. The van der Waals surface area contributed by atoms with E-state index in [4.69, 9.17) is 9.29 Å². The van der Waals surface area contributed by atoms with Gasteiger partial charge in [0.05, 0.1) is 38.2 Å². The van der Waals surface area contributed by atoms with Gasteiger partial charge in [-0.25, -0.2) is 0 Å². The number of aliphatic hydroxyl groups is 1. The van der Waals surface area contributed by atoms with Gasteiger partial charge >= 0.3 is 0 Å². The van der Waals surface area contributed by atoms with Crippen molar-refractivity contribution in [3.8, 4) is 5.75 Å². The molecule has 1 atom stereocenters. The lowest BCUT2D eigenvalue weighted by Gasteiger charge is -2.37. The summed E-state index contributed by atoms with van der Waals surface area (Å²) in [6.07, 6.45) is 4.48. The highest BCUT2D eigenvalue weighted by Gasteiger charge is 2.24. The molecule has 0 bridgehead atoms. The Labute approximate surface area is 215 Å². The number of quaternary nitrogens is 1. The zero-order valence-electron chi connectivity index (χ0n) is 21.2. The number of para-hydroxylation sites is 1. The highest BCUT2D eigenvalue weighted by Crippen LogP contribution is 2.30. The predicted molar refractivity (Wildman–Crippen MR) is 143 cm³/mol. The molecule has 3 aromatic carbocycles. The summed E-state index contributed by atoms with van der Waals surface area (Å²) in [4.78, 5) is -0.0666. The van der Waals surface area contributed by atoms with Crippen LogP contribution in [-0.2, 0) is 10.1 Å². The van der Waals surface area contributed by atoms with Crippen LogP contribution < -0.4 is 4.74 Å². The maximum atomic E-state index is 10.7. The Morgan fingerprint density at radius 2 is 1.50 bits per heavy atom. The third kappa shape index (κ3) is 8.45. The molecular weight excluding hydrogens is 474 g/mol. The van der Waals surface area contributed by atoms with E-state index in [2.05, 4.69) is 7.05 Å². The number of nitrogens with zero attached hydrogens (tertiary/aromatic N) is 1. The summed E-state index contributed by atoms with van der Waals surface area (Å²) in [6.45, 7) is 6.30. The highest BCUT2D eigenvalue weighted by atomic mass is 32.2. The smallest absolute Gasteiger partial charge is 0.294 e. The van der Waals surface area contributed by atoms with Crippen LogP contribution in [0.3, 0.4) is 0 Å². The van der Waals surface area contributed by atoms with Crippen molar-refractivity contribution in [1.29, 1.82) is 0 Å². The standard InChI is InChI=1S/C22H30NO2.C7H8O3S/c1-23(15-8-3-9-16-23)17-10-18-25-21-14-7-6-13-20(21)22(24)19-11-4-2-5-12-19;1-6-2-4-7(5-3-6)11(8,9)10/h2,4-7,11-14,22,24H,3,8-10,15-18H2,1H3;2-5H,1H3,(H,8,9,10)/q+1;. The van der Waals surface area contributed by atoms with Crippen molar-refractivity contribution in [3.63, 3.8) is 0 Å². The Morgan fingerprint density at radius 3 is 2.14 bits per heavy atom. The van der Waals surface area contributed by atoms with Crippen LogP contribution in [0.4, 0.5) is 0 Å². The molecule has 0 saturated carbocycles. The third-order valence-corrected chi connectivity index (χ3v) is 7.51. The number of rotatable bonds is 8. The second-order valence-corrected chi connectivity index (χ2v) is 11.1. The van der Waals surface area contributed by atoms with E-state index in [0.717, 1.165) is 28.9 Å². The topological polar surface area (TPSA) is 83.8 Å². The van der Waals surface area contributed by atoms with Crippen LogP contribution in [-0.4, -0.2) is 55.8 Å². The minimum absolute atomic E-state index is 0.0666. The first-order chi connectivity index (χ1) is 17.2. The van der Waals surface area contributed by atoms with Crippen molar-refractivity contribution in [2.45, 2.75) is 43.6 Å². The molecule has 6 nitrogen and oxygen atoms in total. The fraction of sp³-hybridized carbons (Fsp3) is 0.379. The Balaban J connectivity index is 0.000000275. The maximum Gasteiger partial charge on any atom is 0.294 e. The molecule has 0 aromatic heterocycles. The first-order valence-corrected chi connectivity index (χ1v) is 13.9. The van der Waals surface area contributed by atoms with E-state index < -0.39 is 16.2 Å². The highest BCUT2D eigenvalue weighted by molar-refractivity contribution is 7.85. The molecule has 0 aliphatic carbocycles. The number of aliphatic hydroxyl groups excluding tert-OH is 1. The van der Waals surface area contributed by atoms with Gasteiger partial charge in [-0.15, -0.1) is 0 Å². The molecule has 0 spiro atoms. The number of likely N-dealkylation sites (tertiary alicyclic amines) is 1. The number of piperidine rings is 1. The second-order valence-electron chi connectivity index (χ2n) is 9.69. The van der Waals surface area contributed by atoms with Gasteiger partial charge in [0.15, 0.2) is 0 Å². The molecule has 4 rings (SSSR count). The number of hydrogen-bond acceptors (Lipinski definition) is 4. The zero-order valence-corrected chi connectivity index (χ0v) is 22.0. The summed E-state index contributed by atoms with van der Waals surface area (Å²) in [5, 5.41) is 10.7. The lowest BCUT2D eigenvalue weighted by molar-refractivity contribution is -0.914. The summed E-state index contributed by atoms with van der Waals surface area (Å²) in [5.41, 5.74) is 2.69.